The van der Waals surface area contributed by atoms with Crippen molar-refractivity contribution in [3.63, 3.8) is 0 Å². The molecule has 5 nitrogen and oxygen atoms in total. The molecule has 1 atom stereocenters. The number of hydrogen-bond acceptors (Lipinski definition) is 5. The highest BCUT2D eigenvalue weighted by atomic mass is 35.5. The number of nitrogens with zero attached hydrogens (tertiary/aromatic N) is 2. The van der Waals surface area contributed by atoms with Gasteiger partial charge in [-0.2, -0.15) is 4.98 Å². The molecule has 0 saturated heterocycles. The third-order valence-corrected chi connectivity index (χ3v) is 3.22. The summed E-state index contributed by atoms with van der Waals surface area (Å²) < 4.78 is 15.7. The maximum Gasteiger partial charge on any atom is 0.261 e. The number of halogens is 1. The maximum absolute atomic E-state index is 6.08. The minimum absolute atomic E-state index is 0.248. The van der Waals surface area contributed by atoms with Crippen molar-refractivity contribution in [2.24, 2.45) is 0 Å². The van der Waals surface area contributed by atoms with Crippen LogP contribution in [-0.4, -0.2) is 24.4 Å². The van der Waals surface area contributed by atoms with Gasteiger partial charge in [0, 0.05) is 6.07 Å². The van der Waals surface area contributed by atoms with Crippen molar-refractivity contribution >= 4 is 11.6 Å². The minimum Gasteiger partial charge on any atom is -0.497 e. The number of hydrogen-bond donors (Lipinski definition) is 0. The average Bonchev–Trinajstić information content (AvgIpc) is 2.95. The molecule has 0 amide bonds. The van der Waals surface area contributed by atoms with Gasteiger partial charge in [0.2, 0.25) is 0 Å². The Hall–Kier alpha value is -1.75. The highest BCUT2D eigenvalue weighted by Gasteiger charge is 2.18. The first kappa shape index (κ1) is 13.7. The van der Waals surface area contributed by atoms with E-state index in [-0.39, 0.29) is 5.38 Å². The van der Waals surface area contributed by atoms with Crippen molar-refractivity contribution in [2.75, 3.05) is 14.2 Å². The van der Waals surface area contributed by atoms with Crippen LogP contribution in [0.2, 0.25) is 0 Å². The highest BCUT2D eigenvalue weighted by molar-refractivity contribution is 6.20. The molecule has 1 aromatic heterocycles. The van der Waals surface area contributed by atoms with E-state index in [1.54, 1.807) is 26.4 Å². The molecular formula is C13H15ClN2O3. The largest absolute Gasteiger partial charge is 0.497 e. The Balaban J connectivity index is 2.38. The number of ether oxygens (including phenoxy) is 2. The molecule has 0 saturated carbocycles. The molecule has 0 aliphatic heterocycles. The number of aromatic nitrogens is 2. The van der Waals surface area contributed by atoms with Gasteiger partial charge in [-0.3, -0.25) is 0 Å². The number of alkyl halides is 1. The van der Waals surface area contributed by atoms with Crippen molar-refractivity contribution in [3.05, 3.63) is 24.0 Å². The fourth-order valence-electron chi connectivity index (χ4n) is 1.63. The minimum atomic E-state index is -0.248. The van der Waals surface area contributed by atoms with E-state index in [2.05, 4.69) is 10.1 Å². The summed E-state index contributed by atoms with van der Waals surface area (Å²) in [4.78, 5) is 4.28. The van der Waals surface area contributed by atoms with Crippen molar-refractivity contribution in [1.82, 2.24) is 10.1 Å². The van der Waals surface area contributed by atoms with Gasteiger partial charge in [0.15, 0.2) is 5.82 Å². The Morgan fingerprint density at radius 2 is 2.11 bits per heavy atom. The Morgan fingerprint density at radius 3 is 2.74 bits per heavy atom. The fourth-order valence-corrected chi connectivity index (χ4v) is 1.72. The predicted molar refractivity (Wildman–Crippen MR) is 71.7 cm³/mol. The topological polar surface area (TPSA) is 57.4 Å². The first-order chi connectivity index (χ1) is 9.19. The lowest BCUT2D eigenvalue weighted by molar-refractivity contribution is 0.390. The van der Waals surface area contributed by atoms with Crippen LogP contribution in [0.4, 0.5) is 0 Å². The fraction of sp³-hybridized carbons (Fsp3) is 0.385. The lowest BCUT2D eigenvalue weighted by Gasteiger charge is -2.07. The molecule has 0 radical (unpaired) electrons. The summed E-state index contributed by atoms with van der Waals surface area (Å²) in [6.45, 7) is 1.96. The van der Waals surface area contributed by atoms with E-state index in [4.69, 9.17) is 25.6 Å². The molecule has 1 heterocycles. The third kappa shape index (κ3) is 2.81. The van der Waals surface area contributed by atoms with E-state index in [1.807, 2.05) is 13.0 Å². The molecule has 19 heavy (non-hydrogen) atoms. The van der Waals surface area contributed by atoms with E-state index in [0.29, 0.717) is 28.8 Å². The smallest absolute Gasteiger partial charge is 0.261 e. The van der Waals surface area contributed by atoms with Crippen molar-refractivity contribution in [2.45, 2.75) is 18.7 Å². The summed E-state index contributed by atoms with van der Waals surface area (Å²) >= 11 is 6.08. The zero-order valence-electron chi connectivity index (χ0n) is 11.0. The van der Waals surface area contributed by atoms with E-state index >= 15 is 0 Å². The molecule has 1 aromatic carbocycles. The molecule has 0 spiro atoms. The van der Waals surface area contributed by atoms with E-state index in [9.17, 15) is 0 Å². The second-order valence-electron chi connectivity index (χ2n) is 3.90. The summed E-state index contributed by atoms with van der Waals surface area (Å²) in [5.41, 5.74) is 0.710. The van der Waals surface area contributed by atoms with Gasteiger partial charge in [0.05, 0.1) is 25.2 Å². The highest BCUT2D eigenvalue weighted by Crippen LogP contribution is 2.33. The van der Waals surface area contributed by atoms with Crippen LogP contribution in [0.15, 0.2) is 22.7 Å². The maximum atomic E-state index is 6.08. The molecule has 0 bridgehead atoms. The average molecular weight is 283 g/mol. The van der Waals surface area contributed by atoms with Gasteiger partial charge in [-0.25, -0.2) is 0 Å². The van der Waals surface area contributed by atoms with Crippen LogP contribution in [0.1, 0.15) is 24.5 Å². The first-order valence-electron chi connectivity index (χ1n) is 5.89. The quantitative estimate of drug-likeness (QED) is 0.786. The molecule has 2 aromatic rings. The lowest BCUT2D eigenvalue weighted by Crippen LogP contribution is -1.92. The molecule has 2 rings (SSSR count). The Bertz CT molecular complexity index is 557. The molecule has 0 fully saturated rings. The summed E-state index contributed by atoms with van der Waals surface area (Å²) in [6.07, 6.45) is 0.736. The Morgan fingerprint density at radius 1 is 1.32 bits per heavy atom. The molecule has 102 valence electrons. The van der Waals surface area contributed by atoms with Gasteiger partial charge < -0.3 is 14.0 Å². The van der Waals surface area contributed by atoms with E-state index in [1.165, 1.54) is 0 Å². The molecule has 0 aliphatic carbocycles. The predicted octanol–water partition coefficient (Wildman–Crippen LogP) is 3.44. The van der Waals surface area contributed by atoms with Gasteiger partial charge in [-0.15, -0.1) is 11.6 Å². The number of benzene rings is 1. The standard InChI is InChI=1S/C13H15ClN2O3/c1-4-10(14)12-15-13(19-16-12)9-6-5-8(17-2)7-11(9)18-3/h5-7,10H,4H2,1-3H3. The number of methoxy groups -OCH3 is 2. The molecule has 0 N–H and O–H groups in total. The van der Waals surface area contributed by atoms with Crippen LogP contribution in [0.5, 0.6) is 11.5 Å². The SMILES string of the molecule is CCC(Cl)c1noc(-c2ccc(OC)cc2OC)n1. The van der Waals surface area contributed by atoms with Crippen molar-refractivity contribution in [3.8, 4) is 23.0 Å². The molecule has 6 heteroatoms. The Kier molecular flexibility index (Phi) is 4.27. The van der Waals surface area contributed by atoms with Crippen LogP contribution < -0.4 is 9.47 Å². The van der Waals surface area contributed by atoms with E-state index < -0.39 is 0 Å². The van der Waals surface area contributed by atoms with Crippen LogP contribution in [-0.2, 0) is 0 Å². The summed E-state index contributed by atoms with van der Waals surface area (Å²) in [6, 6.07) is 5.38. The monoisotopic (exact) mass is 282 g/mol. The summed E-state index contributed by atoms with van der Waals surface area (Å²) in [5.74, 6) is 2.17. The van der Waals surface area contributed by atoms with Crippen LogP contribution in [0, 0.1) is 0 Å². The summed E-state index contributed by atoms with van der Waals surface area (Å²) in [7, 11) is 3.17. The molecule has 0 aliphatic rings. The van der Waals surface area contributed by atoms with Gasteiger partial charge in [0.25, 0.3) is 5.89 Å². The van der Waals surface area contributed by atoms with Crippen LogP contribution in [0.3, 0.4) is 0 Å². The zero-order chi connectivity index (χ0) is 13.8. The second kappa shape index (κ2) is 5.93. The second-order valence-corrected chi connectivity index (χ2v) is 4.43. The van der Waals surface area contributed by atoms with Gasteiger partial charge in [-0.05, 0) is 18.6 Å². The van der Waals surface area contributed by atoms with Gasteiger partial charge in [-0.1, -0.05) is 12.1 Å². The van der Waals surface area contributed by atoms with Crippen molar-refractivity contribution in [1.29, 1.82) is 0 Å². The number of rotatable bonds is 5. The van der Waals surface area contributed by atoms with Crippen LogP contribution >= 0.6 is 11.6 Å². The lowest BCUT2D eigenvalue weighted by atomic mass is 10.2. The normalized spacial score (nSPS) is 12.2. The molecule has 1 unspecified atom stereocenters. The molecular weight excluding hydrogens is 268 g/mol. The zero-order valence-corrected chi connectivity index (χ0v) is 11.8. The summed E-state index contributed by atoms with van der Waals surface area (Å²) in [5, 5.41) is 3.63. The Labute approximate surface area is 116 Å². The van der Waals surface area contributed by atoms with Gasteiger partial charge in [0.1, 0.15) is 11.5 Å². The van der Waals surface area contributed by atoms with Gasteiger partial charge >= 0.3 is 0 Å². The third-order valence-electron chi connectivity index (χ3n) is 2.72. The van der Waals surface area contributed by atoms with Crippen molar-refractivity contribution < 1.29 is 14.0 Å². The van der Waals surface area contributed by atoms with E-state index in [0.717, 1.165) is 6.42 Å². The first-order valence-corrected chi connectivity index (χ1v) is 6.33. The van der Waals surface area contributed by atoms with Crippen LogP contribution in [0.25, 0.3) is 11.5 Å².